The highest BCUT2D eigenvalue weighted by molar-refractivity contribution is 9.10. The number of carbonyl (C=O) groups is 1. The van der Waals surface area contributed by atoms with E-state index in [9.17, 15) is 13.6 Å². The molecular weight excluding hydrogens is 538 g/mol. The molecule has 0 aliphatic carbocycles. The maximum absolute atomic E-state index is 13.4. The molecule has 0 bridgehead atoms. The smallest absolute Gasteiger partial charge is 0.266 e. The zero-order chi connectivity index (χ0) is 24.9. The Hall–Kier alpha value is -3.17. The molecule has 0 unspecified atom stereocenters. The summed E-state index contributed by atoms with van der Waals surface area (Å²) in [6, 6.07) is 15.5. The van der Waals surface area contributed by atoms with Gasteiger partial charge in [0.25, 0.3) is 5.91 Å². The van der Waals surface area contributed by atoms with E-state index in [-0.39, 0.29) is 24.1 Å². The third kappa shape index (κ3) is 5.91. The normalized spacial score (nSPS) is 15.8. The molecule has 3 aromatic rings. The lowest BCUT2D eigenvalue weighted by atomic mass is 10.1. The molecule has 1 aliphatic heterocycles. The molecule has 1 saturated heterocycles. The number of hydrogen-bond acceptors (Lipinski definition) is 5. The highest BCUT2D eigenvalue weighted by Crippen LogP contribution is 2.39. The lowest BCUT2D eigenvalue weighted by molar-refractivity contribution is -0.122. The van der Waals surface area contributed by atoms with Crippen LogP contribution in [0.15, 0.2) is 75.0 Å². The van der Waals surface area contributed by atoms with Crippen molar-refractivity contribution in [2.24, 2.45) is 4.99 Å². The van der Waals surface area contributed by atoms with Crippen molar-refractivity contribution in [2.75, 3.05) is 13.7 Å². The maximum Gasteiger partial charge on any atom is 0.266 e. The first-order valence-electron chi connectivity index (χ1n) is 10.7. The quantitative estimate of drug-likeness (QED) is 0.295. The van der Waals surface area contributed by atoms with Crippen molar-refractivity contribution in [3.8, 4) is 11.5 Å². The maximum atomic E-state index is 13.4. The third-order valence-electron chi connectivity index (χ3n) is 5.11. The number of aliphatic imine (C=N–C) groups is 1. The molecule has 0 atom stereocenters. The largest absolute Gasteiger partial charge is 0.493 e. The molecule has 0 spiro atoms. The first-order chi connectivity index (χ1) is 16.9. The molecular formula is C26H21BrF2N2O3S. The molecule has 1 aliphatic rings. The van der Waals surface area contributed by atoms with Crippen LogP contribution < -0.4 is 9.47 Å². The molecule has 0 N–H and O–H groups in total. The Morgan fingerprint density at radius 1 is 1.06 bits per heavy atom. The lowest BCUT2D eigenvalue weighted by Crippen LogP contribution is -2.28. The van der Waals surface area contributed by atoms with Gasteiger partial charge in [-0.2, -0.15) is 0 Å². The minimum absolute atomic E-state index is 0.171. The highest BCUT2D eigenvalue weighted by Gasteiger charge is 2.32. The topological polar surface area (TPSA) is 51.1 Å². The van der Waals surface area contributed by atoms with Gasteiger partial charge in [0.15, 0.2) is 16.7 Å². The van der Waals surface area contributed by atoms with Gasteiger partial charge in [0, 0.05) is 11.0 Å². The van der Waals surface area contributed by atoms with Crippen LogP contribution in [0.25, 0.3) is 6.08 Å². The lowest BCUT2D eigenvalue weighted by Gasteiger charge is -2.13. The number of carbonyl (C=O) groups excluding carboxylic acids is 1. The van der Waals surface area contributed by atoms with E-state index in [0.717, 1.165) is 5.56 Å². The molecule has 9 heteroatoms. The van der Waals surface area contributed by atoms with Crippen LogP contribution in [0.5, 0.6) is 11.5 Å². The molecule has 0 radical (unpaired) electrons. The predicted molar refractivity (Wildman–Crippen MR) is 138 cm³/mol. The Labute approximate surface area is 214 Å². The number of thioether (sulfide) groups is 1. The number of amidine groups is 1. The van der Waals surface area contributed by atoms with Gasteiger partial charge in [-0.15, -0.1) is 0 Å². The molecule has 0 aromatic heterocycles. The van der Waals surface area contributed by atoms with Crippen LogP contribution in [0.3, 0.4) is 0 Å². The van der Waals surface area contributed by atoms with E-state index in [4.69, 9.17) is 9.47 Å². The summed E-state index contributed by atoms with van der Waals surface area (Å²) in [7, 11) is 1.52. The first-order valence-corrected chi connectivity index (χ1v) is 12.3. The number of hydrogen-bond donors (Lipinski definition) is 0. The van der Waals surface area contributed by atoms with Crippen molar-refractivity contribution >= 4 is 50.5 Å². The Morgan fingerprint density at radius 3 is 2.51 bits per heavy atom. The number of halogens is 3. The average Bonchev–Trinajstić information content (AvgIpc) is 3.14. The Bertz CT molecular complexity index is 1310. The number of nitrogens with zero attached hydrogens (tertiary/aromatic N) is 2. The van der Waals surface area contributed by atoms with Gasteiger partial charge in [-0.3, -0.25) is 9.69 Å². The monoisotopic (exact) mass is 558 g/mol. The fourth-order valence-corrected chi connectivity index (χ4v) is 4.85. The average molecular weight is 559 g/mol. The van der Waals surface area contributed by atoms with Gasteiger partial charge >= 0.3 is 0 Å². The van der Waals surface area contributed by atoms with Crippen molar-refractivity contribution in [3.05, 3.63) is 92.8 Å². The molecule has 4 rings (SSSR count). The minimum atomic E-state index is -0.348. The van der Waals surface area contributed by atoms with E-state index < -0.39 is 0 Å². The van der Waals surface area contributed by atoms with Crippen LogP contribution in [0.2, 0.25) is 0 Å². The molecule has 5 nitrogen and oxygen atoms in total. The van der Waals surface area contributed by atoms with Crippen molar-refractivity contribution in [2.45, 2.75) is 13.5 Å². The van der Waals surface area contributed by atoms with E-state index in [1.807, 2.05) is 6.92 Å². The van der Waals surface area contributed by atoms with Gasteiger partial charge in [-0.25, -0.2) is 13.8 Å². The summed E-state index contributed by atoms with van der Waals surface area (Å²) < 4.78 is 38.7. The van der Waals surface area contributed by atoms with Crippen molar-refractivity contribution < 1.29 is 23.0 Å². The number of methoxy groups -OCH3 is 1. The third-order valence-corrected chi connectivity index (χ3v) is 6.80. The summed E-state index contributed by atoms with van der Waals surface area (Å²) in [5.74, 6) is 0.0997. The first kappa shape index (κ1) is 24.9. The summed E-state index contributed by atoms with van der Waals surface area (Å²) in [5, 5.41) is 0.522. The van der Waals surface area contributed by atoms with Gasteiger partial charge in [-0.1, -0.05) is 28.1 Å². The van der Waals surface area contributed by atoms with Crippen molar-refractivity contribution in [3.63, 3.8) is 0 Å². The second-order valence-corrected chi connectivity index (χ2v) is 9.34. The Morgan fingerprint density at radius 2 is 1.83 bits per heavy atom. The zero-order valence-electron chi connectivity index (χ0n) is 18.9. The van der Waals surface area contributed by atoms with Gasteiger partial charge in [-0.05, 0) is 84.4 Å². The summed E-state index contributed by atoms with van der Waals surface area (Å²) in [4.78, 5) is 19.6. The molecule has 180 valence electrons. The van der Waals surface area contributed by atoms with E-state index >= 15 is 0 Å². The van der Waals surface area contributed by atoms with Crippen molar-refractivity contribution in [1.82, 2.24) is 4.90 Å². The van der Waals surface area contributed by atoms with Crippen LogP contribution in [-0.4, -0.2) is 29.6 Å². The van der Waals surface area contributed by atoms with Crippen LogP contribution in [0.1, 0.15) is 18.1 Å². The van der Waals surface area contributed by atoms with E-state index in [0.29, 0.717) is 43.8 Å². The molecule has 3 aromatic carbocycles. The number of ether oxygens (including phenoxy) is 2. The highest BCUT2D eigenvalue weighted by atomic mass is 79.9. The van der Waals surface area contributed by atoms with Crippen LogP contribution >= 0.6 is 27.7 Å². The summed E-state index contributed by atoms with van der Waals surface area (Å²) in [6.45, 7) is 2.48. The Kier molecular flexibility index (Phi) is 7.87. The number of amides is 1. The molecule has 1 amide bonds. The molecule has 1 heterocycles. The van der Waals surface area contributed by atoms with Crippen molar-refractivity contribution in [1.29, 1.82) is 0 Å². The summed E-state index contributed by atoms with van der Waals surface area (Å²) >= 11 is 4.79. The summed E-state index contributed by atoms with van der Waals surface area (Å²) in [6.07, 6.45) is 1.76. The standard InChI is InChI=1S/C26H21BrF2N2O3S/c1-3-31-25(32)24(35-26(31)30-20-9-7-18(28)8-10-20)13-17-12-22(33-2)23(14-21(17)27)34-15-16-5-4-6-19(29)11-16/h4-14H,3,15H2,1-2H3/b24-13+,30-26?. The number of rotatable bonds is 7. The predicted octanol–water partition coefficient (Wildman–Crippen LogP) is 6.94. The van der Waals surface area contributed by atoms with Gasteiger partial charge in [0.2, 0.25) is 0 Å². The SMILES string of the molecule is CCN1C(=O)/C(=C\c2cc(OC)c(OCc3cccc(F)c3)cc2Br)SC1=Nc1ccc(F)cc1. The van der Waals surface area contributed by atoms with Crippen LogP contribution in [0, 0.1) is 11.6 Å². The van der Waals surface area contributed by atoms with E-state index in [1.54, 1.807) is 47.4 Å². The minimum Gasteiger partial charge on any atom is -0.493 e. The second kappa shape index (κ2) is 11.0. The molecule has 35 heavy (non-hydrogen) atoms. The number of benzene rings is 3. The summed E-state index contributed by atoms with van der Waals surface area (Å²) in [5.41, 5.74) is 1.97. The Balaban J connectivity index is 1.59. The fourth-order valence-electron chi connectivity index (χ4n) is 3.36. The van der Waals surface area contributed by atoms with E-state index in [1.165, 1.54) is 43.1 Å². The van der Waals surface area contributed by atoms with E-state index in [2.05, 4.69) is 20.9 Å². The van der Waals surface area contributed by atoms with Gasteiger partial charge in [0.05, 0.1) is 17.7 Å². The second-order valence-electron chi connectivity index (χ2n) is 7.47. The van der Waals surface area contributed by atoms with Gasteiger partial charge in [0.1, 0.15) is 18.2 Å². The number of likely N-dealkylation sites (N-methyl/N-ethyl adjacent to an activating group) is 1. The van der Waals surface area contributed by atoms with Gasteiger partial charge < -0.3 is 9.47 Å². The zero-order valence-corrected chi connectivity index (χ0v) is 21.3. The van der Waals surface area contributed by atoms with Crippen LogP contribution in [-0.2, 0) is 11.4 Å². The fraction of sp³-hybridized carbons (Fsp3) is 0.154. The van der Waals surface area contributed by atoms with Crippen LogP contribution in [0.4, 0.5) is 14.5 Å². The molecule has 0 saturated carbocycles. The molecule has 1 fully saturated rings.